The van der Waals surface area contributed by atoms with Crippen LogP contribution in [0, 0.1) is 6.92 Å². The van der Waals surface area contributed by atoms with Gasteiger partial charge < -0.3 is 9.47 Å². The van der Waals surface area contributed by atoms with Gasteiger partial charge in [-0.25, -0.2) is 0 Å². The van der Waals surface area contributed by atoms with Crippen LogP contribution < -0.4 is 9.47 Å². The van der Waals surface area contributed by atoms with Crippen molar-refractivity contribution in [1.29, 1.82) is 0 Å². The number of amides is 2. The fourth-order valence-corrected chi connectivity index (χ4v) is 4.85. The van der Waals surface area contributed by atoms with E-state index in [4.69, 9.17) is 9.47 Å². The topological polar surface area (TPSA) is 55.8 Å². The maximum Gasteiger partial charge on any atom is 0.261 e. The van der Waals surface area contributed by atoms with Crippen LogP contribution in [0.4, 0.5) is 0 Å². The molecule has 2 aliphatic heterocycles. The van der Waals surface area contributed by atoms with E-state index in [-0.39, 0.29) is 29.4 Å². The van der Waals surface area contributed by atoms with Crippen molar-refractivity contribution in [2.24, 2.45) is 0 Å². The first-order chi connectivity index (χ1) is 13.6. The van der Waals surface area contributed by atoms with Gasteiger partial charge >= 0.3 is 0 Å². The summed E-state index contributed by atoms with van der Waals surface area (Å²) in [6.45, 7) is 2.83. The molecule has 0 aromatic heterocycles. The van der Waals surface area contributed by atoms with E-state index in [1.807, 2.05) is 0 Å². The van der Waals surface area contributed by atoms with Gasteiger partial charge in [-0.1, -0.05) is 18.2 Å². The van der Waals surface area contributed by atoms with Gasteiger partial charge in [0.1, 0.15) is 17.6 Å². The Morgan fingerprint density at radius 1 is 1.04 bits per heavy atom. The average molecular weight is 375 g/mol. The molecule has 0 radical (unpaired) electrons. The molecule has 0 saturated heterocycles. The molecule has 5 heteroatoms. The van der Waals surface area contributed by atoms with Gasteiger partial charge in [-0.15, -0.1) is 0 Å². The maximum absolute atomic E-state index is 12.6. The van der Waals surface area contributed by atoms with Crippen molar-refractivity contribution in [1.82, 2.24) is 4.90 Å². The summed E-state index contributed by atoms with van der Waals surface area (Å²) in [6.07, 6.45) is 3.70. The number of hydrogen-bond acceptors (Lipinski definition) is 4. The van der Waals surface area contributed by atoms with Gasteiger partial charge in [0.2, 0.25) is 0 Å². The number of ether oxygens (including phenoxy) is 2. The first-order valence-corrected chi connectivity index (χ1v) is 9.98. The Hall–Kier alpha value is -2.82. The molecule has 5 nitrogen and oxygen atoms in total. The number of benzene rings is 2. The van der Waals surface area contributed by atoms with Crippen LogP contribution in [0.5, 0.6) is 11.5 Å². The largest absolute Gasteiger partial charge is 0.492 e. The molecule has 2 heterocycles. The predicted octanol–water partition coefficient (Wildman–Crippen LogP) is 3.63. The standard InChI is InChI=1S/C23H21NO4/c1-13-6-7-18(19-20(13)27-12-23(19)8-9-23)28-15-10-14(11-15)24-21(25)16-4-2-3-5-17(16)22(24)26/h2-7,14-15H,8-12H2,1H3/t14-,15-. The minimum absolute atomic E-state index is 0.0255. The molecular formula is C23H21NO4. The van der Waals surface area contributed by atoms with Crippen LogP contribution in [0.25, 0.3) is 0 Å². The number of carbonyl (C=O) groups is 2. The minimum Gasteiger partial charge on any atom is -0.492 e. The van der Waals surface area contributed by atoms with Gasteiger partial charge in [0.25, 0.3) is 11.8 Å². The Balaban J connectivity index is 1.19. The summed E-state index contributed by atoms with van der Waals surface area (Å²) >= 11 is 0. The molecule has 2 saturated carbocycles. The summed E-state index contributed by atoms with van der Waals surface area (Å²) < 4.78 is 12.3. The monoisotopic (exact) mass is 375 g/mol. The van der Waals surface area contributed by atoms with Gasteiger partial charge in [-0.05, 0) is 43.5 Å². The fraction of sp³-hybridized carbons (Fsp3) is 0.391. The van der Waals surface area contributed by atoms with E-state index in [9.17, 15) is 9.59 Å². The molecule has 2 aromatic carbocycles. The Morgan fingerprint density at radius 2 is 1.71 bits per heavy atom. The smallest absolute Gasteiger partial charge is 0.261 e. The fourth-order valence-electron chi connectivity index (χ4n) is 4.85. The van der Waals surface area contributed by atoms with E-state index in [1.165, 1.54) is 10.5 Å². The molecule has 2 amide bonds. The Kier molecular flexibility index (Phi) is 3.10. The van der Waals surface area contributed by atoms with Crippen molar-refractivity contribution in [2.45, 2.75) is 50.2 Å². The summed E-state index contributed by atoms with van der Waals surface area (Å²) in [5.74, 6) is 1.56. The van der Waals surface area contributed by atoms with E-state index >= 15 is 0 Å². The summed E-state index contributed by atoms with van der Waals surface area (Å²) in [7, 11) is 0. The van der Waals surface area contributed by atoms with Crippen LogP contribution in [-0.4, -0.2) is 35.5 Å². The highest BCUT2D eigenvalue weighted by Crippen LogP contribution is 2.59. The summed E-state index contributed by atoms with van der Waals surface area (Å²) in [5, 5.41) is 0. The maximum atomic E-state index is 12.6. The molecule has 28 heavy (non-hydrogen) atoms. The minimum atomic E-state index is -0.175. The van der Waals surface area contributed by atoms with Gasteiger partial charge in [-0.3, -0.25) is 14.5 Å². The second kappa shape index (κ2) is 5.37. The number of aryl methyl sites for hydroxylation is 1. The van der Waals surface area contributed by atoms with E-state index in [0.29, 0.717) is 24.0 Å². The van der Waals surface area contributed by atoms with Crippen LogP contribution in [0.1, 0.15) is 57.5 Å². The molecule has 0 unspecified atom stereocenters. The van der Waals surface area contributed by atoms with Gasteiger partial charge in [0, 0.05) is 29.9 Å². The van der Waals surface area contributed by atoms with Crippen molar-refractivity contribution >= 4 is 11.8 Å². The number of carbonyl (C=O) groups excluding carboxylic acids is 2. The molecule has 2 aromatic rings. The zero-order valence-electron chi connectivity index (χ0n) is 15.7. The number of rotatable bonds is 3. The number of hydrogen-bond donors (Lipinski definition) is 0. The highest BCUT2D eigenvalue weighted by molar-refractivity contribution is 6.21. The zero-order chi connectivity index (χ0) is 19.0. The Morgan fingerprint density at radius 3 is 2.36 bits per heavy atom. The molecule has 2 aliphatic carbocycles. The third-order valence-corrected chi connectivity index (χ3v) is 6.75. The molecule has 0 N–H and O–H groups in total. The second-order valence-electron chi connectivity index (χ2n) is 8.54. The van der Waals surface area contributed by atoms with Crippen LogP contribution in [0.2, 0.25) is 0 Å². The van der Waals surface area contributed by atoms with Gasteiger partial charge in [0.05, 0.1) is 17.7 Å². The molecule has 6 rings (SSSR count). The molecule has 1 spiro atoms. The number of imide groups is 1. The van der Waals surface area contributed by atoms with E-state index in [2.05, 4.69) is 19.1 Å². The summed E-state index contributed by atoms with van der Waals surface area (Å²) in [5.41, 5.74) is 3.57. The number of fused-ring (bicyclic) bond motifs is 3. The van der Waals surface area contributed by atoms with Crippen LogP contribution in [0.3, 0.4) is 0 Å². The molecule has 0 bridgehead atoms. The Labute approximate surface area is 163 Å². The third kappa shape index (κ3) is 2.07. The Bertz CT molecular complexity index is 998. The highest BCUT2D eigenvalue weighted by atomic mass is 16.5. The molecule has 2 fully saturated rings. The average Bonchev–Trinajstić information content (AvgIpc) is 3.28. The first kappa shape index (κ1) is 16.2. The quantitative estimate of drug-likeness (QED) is 0.769. The van der Waals surface area contributed by atoms with Crippen molar-refractivity contribution in [3.8, 4) is 11.5 Å². The van der Waals surface area contributed by atoms with Crippen LogP contribution in [0.15, 0.2) is 36.4 Å². The van der Waals surface area contributed by atoms with Crippen molar-refractivity contribution in [3.63, 3.8) is 0 Å². The number of nitrogens with zero attached hydrogens (tertiary/aromatic N) is 1. The predicted molar refractivity (Wildman–Crippen MR) is 102 cm³/mol. The van der Waals surface area contributed by atoms with Crippen molar-refractivity contribution in [2.75, 3.05) is 6.61 Å². The van der Waals surface area contributed by atoms with Crippen LogP contribution in [-0.2, 0) is 5.41 Å². The normalized spacial score (nSPS) is 26.0. The lowest BCUT2D eigenvalue weighted by molar-refractivity contribution is 0.0195. The second-order valence-corrected chi connectivity index (χ2v) is 8.54. The van der Waals surface area contributed by atoms with Crippen LogP contribution >= 0.6 is 0 Å². The van der Waals surface area contributed by atoms with E-state index in [1.54, 1.807) is 24.3 Å². The lowest BCUT2D eigenvalue weighted by atomic mass is 9.87. The molecule has 4 aliphatic rings. The third-order valence-electron chi connectivity index (χ3n) is 6.75. The molecular weight excluding hydrogens is 354 g/mol. The van der Waals surface area contributed by atoms with E-state index < -0.39 is 0 Å². The van der Waals surface area contributed by atoms with Crippen molar-refractivity contribution < 1.29 is 19.1 Å². The highest BCUT2D eigenvalue weighted by Gasteiger charge is 2.53. The SMILES string of the molecule is Cc1ccc(O[C@H]2C[C@H](N3C(=O)c4ccccc4C3=O)C2)c2c1OCC21CC1. The zero-order valence-corrected chi connectivity index (χ0v) is 15.7. The molecule has 0 atom stereocenters. The van der Waals surface area contributed by atoms with Gasteiger partial charge in [0.15, 0.2) is 0 Å². The molecule has 142 valence electrons. The lowest BCUT2D eigenvalue weighted by Crippen LogP contribution is -2.51. The van der Waals surface area contributed by atoms with E-state index in [0.717, 1.165) is 36.5 Å². The summed E-state index contributed by atoms with van der Waals surface area (Å²) in [4.78, 5) is 26.7. The van der Waals surface area contributed by atoms with Crippen molar-refractivity contribution in [3.05, 3.63) is 58.7 Å². The first-order valence-electron chi connectivity index (χ1n) is 9.98. The van der Waals surface area contributed by atoms with Gasteiger partial charge in [-0.2, -0.15) is 0 Å². The summed E-state index contributed by atoms with van der Waals surface area (Å²) in [6, 6.07) is 11.1. The lowest BCUT2D eigenvalue weighted by Gasteiger charge is -2.40.